The summed E-state index contributed by atoms with van der Waals surface area (Å²) in [4.78, 5) is 8.35. The Morgan fingerprint density at radius 3 is 1.71 bits per heavy atom. The Labute approximate surface area is 40.3 Å². The van der Waals surface area contributed by atoms with Crippen molar-refractivity contribution in [3.8, 4) is 6.26 Å². The van der Waals surface area contributed by atoms with Crippen LogP contribution in [0.15, 0.2) is 0 Å². The first-order valence-electron chi connectivity index (χ1n) is 0.901. The van der Waals surface area contributed by atoms with Gasteiger partial charge in [0.25, 0.3) is 6.26 Å². The number of rotatable bonds is 0. The molecule has 0 heterocycles. The lowest BCUT2D eigenvalue weighted by Gasteiger charge is -1.25. The van der Waals surface area contributed by atoms with Crippen molar-refractivity contribution >= 4 is 6.08 Å². The maximum atomic E-state index is 8.35. The Morgan fingerprint density at radius 2 is 1.71 bits per heavy atom. The molecule has 0 saturated heterocycles. The molecule has 0 aromatic heterocycles. The first kappa shape index (κ1) is 17.4. The van der Waals surface area contributed by atoms with Gasteiger partial charge in [0, 0.05) is 0 Å². The van der Waals surface area contributed by atoms with Gasteiger partial charge in [0.05, 0.1) is 0 Å². The number of aliphatic hydroxyl groups is 1. The lowest BCUT2D eigenvalue weighted by atomic mass is 11.6. The van der Waals surface area contributed by atoms with Crippen molar-refractivity contribution in [1.29, 1.82) is 10.7 Å². The molecule has 0 aliphatic rings. The maximum absolute atomic E-state index is 8.35. The van der Waals surface area contributed by atoms with Gasteiger partial charge in [-0.1, -0.05) is 0 Å². The number of isocyanates is 1. The third-order valence-electron chi connectivity index (χ3n) is 0. The van der Waals surface area contributed by atoms with Crippen LogP contribution in [0.3, 0.4) is 0 Å². The highest BCUT2D eigenvalue weighted by molar-refractivity contribution is 5.26. The molecule has 5 N–H and O–H groups in total. The highest BCUT2D eigenvalue weighted by Gasteiger charge is 1.16. The van der Waals surface area contributed by atoms with E-state index in [0.29, 0.717) is 0 Å². The van der Waals surface area contributed by atoms with E-state index in [4.69, 9.17) is 20.6 Å². The van der Waals surface area contributed by atoms with Gasteiger partial charge in [-0.15, -0.1) is 0 Å². The number of nitrogens with zero attached hydrogens (tertiary/aromatic N) is 1. The molecule has 0 radical (unpaired) electrons. The molecule has 0 aliphatic carbocycles. The normalized spacial score (nSPS) is 2.14. The topological polar surface area (TPSA) is 120 Å². The molecule has 0 saturated carbocycles. The molecule has 7 heavy (non-hydrogen) atoms. The van der Waals surface area contributed by atoms with Gasteiger partial charge in [-0.05, 0) is 0 Å². The molecular formula is C2H5N3O2. The summed E-state index contributed by atoms with van der Waals surface area (Å²) in [6.45, 7) is 0. The Hall–Kier alpha value is -1.37. The Bertz CT molecular complexity index is 77.4. The second-order valence-corrected chi connectivity index (χ2v) is 0.202. The van der Waals surface area contributed by atoms with Gasteiger partial charge in [0.1, 0.15) is 0 Å². The SMILES string of the molecule is N.N#CO.N=C=O. The van der Waals surface area contributed by atoms with E-state index in [1.165, 1.54) is 0 Å². The Kier molecular flexibility index (Phi) is 383. The minimum atomic E-state index is 0. The quantitative estimate of drug-likeness (QED) is 0.225. The second kappa shape index (κ2) is 154. The van der Waals surface area contributed by atoms with Crippen LogP contribution in [0.2, 0.25) is 0 Å². The summed E-state index contributed by atoms with van der Waals surface area (Å²) < 4.78 is 0. The van der Waals surface area contributed by atoms with Gasteiger partial charge in [0.2, 0.25) is 6.08 Å². The van der Waals surface area contributed by atoms with E-state index in [2.05, 4.69) is 0 Å². The molecule has 5 heteroatoms. The smallest absolute Gasteiger partial charge is 0.283 e. The third-order valence-corrected chi connectivity index (χ3v) is 0. The molecule has 0 amide bonds. The number of aliphatic hydroxyl groups excluding tert-OH is 1. The van der Waals surface area contributed by atoms with Crippen LogP contribution in [-0.4, -0.2) is 11.2 Å². The molecule has 0 unspecified atom stereocenters. The van der Waals surface area contributed by atoms with Gasteiger partial charge in [0.15, 0.2) is 0 Å². The first-order chi connectivity index (χ1) is 2.83. The van der Waals surface area contributed by atoms with E-state index in [-0.39, 0.29) is 6.15 Å². The highest BCUT2D eigenvalue weighted by atomic mass is 16.2. The molecule has 0 spiro atoms. The molecule has 0 atom stereocenters. The molecule has 0 aromatic rings. The van der Waals surface area contributed by atoms with Crippen molar-refractivity contribution in [2.45, 2.75) is 0 Å². The van der Waals surface area contributed by atoms with Crippen LogP contribution < -0.4 is 6.15 Å². The number of carbonyl (C=O) groups excluding carboxylic acids is 1. The highest BCUT2D eigenvalue weighted by Crippen LogP contribution is 1.06. The molecule has 0 rings (SSSR count). The van der Waals surface area contributed by atoms with E-state index in [1.54, 1.807) is 0 Å². The number of nitriles is 1. The fraction of sp³-hybridized carbons (Fsp3) is 0. The van der Waals surface area contributed by atoms with Crippen LogP contribution in [0.25, 0.3) is 0 Å². The van der Waals surface area contributed by atoms with Crippen molar-refractivity contribution in [2.24, 2.45) is 0 Å². The van der Waals surface area contributed by atoms with Gasteiger partial charge >= 0.3 is 0 Å². The van der Waals surface area contributed by atoms with E-state index in [9.17, 15) is 0 Å². The second-order valence-electron chi connectivity index (χ2n) is 0.202. The van der Waals surface area contributed by atoms with Crippen LogP contribution in [0.4, 0.5) is 0 Å². The number of hydrogen-bond acceptors (Lipinski definition) is 5. The molecule has 5 nitrogen and oxygen atoms in total. The van der Waals surface area contributed by atoms with Crippen LogP contribution in [0.1, 0.15) is 0 Å². The fourth-order valence-corrected chi connectivity index (χ4v) is 0. The third kappa shape index (κ3) is 17.1. The van der Waals surface area contributed by atoms with Crippen LogP contribution in [-0.2, 0) is 4.79 Å². The summed E-state index contributed by atoms with van der Waals surface area (Å²) in [6.07, 6.45) is 1.50. The first-order valence-corrected chi connectivity index (χ1v) is 0.901. The van der Waals surface area contributed by atoms with Crippen molar-refractivity contribution in [3.63, 3.8) is 0 Å². The van der Waals surface area contributed by atoms with Crippen LogP contribution in [0.5, 0.6) is 0 Å². The van der Waals surface area contributed by atoms with Crippen LogP contribution >= 0.6 is 0 Å². The average molecular weight is 103 g/mol. The summed E-state index contributed by atoms with van der Waals surface area (Å²) in [6, 6.07) is 0. The lowest BCUT2D eigenvalue weighted by molar-refractivity contribution is 0.503. The van der Waals surface area contributed by atoms with E-state index in [0.717, 1.165) is 12.3 Å². The van der Waals surface area contributed by atoms with E-state index < -0.39 is 0 Å². The summed E-state index contributed by atoms with van der Waals surface area (Å²) in [7, 11) is 0. The Morgan fingerprint density at radius 1 is 1.71 bits per heavy atom. The van der Waals surface area contributed by atoms with Crippen LogP contribution in [0, 0.1) is 16.9 Å². The maximum Gasteiger partial charge on any atom is 0.283 e. The zero-order chi connectivity index (χ0) is 5.41. The summed E-state index contributed by atoms with van der Waals surface area (Å²) in [5, 5.41) is 19.2. The standard InChI is InChI=1S/2CHNO.H3N/c2*2-1-3;/h3H;2H;1H3. The largest absolute Gasteiger partial charge is 0.443 e. The summed E-state index contributed by atoms with van der Waals surface area (Å²) in [5.74, 6) is 0. The van der Waals surface area contributed by atoms with Gasteiger partial charge < -0.3 is 11.3 Å². The van der Waals surface area contributed by atoms with E-state index in [1.807, 2.05) is 0 Å². The van der Waals surface area contributed by atoms with Crippen molar-refractivity contribution in [3.05, 3.63) is 0 Å². The van der Waals surface area contributed by atoms with Crippen molar-refractivity contribution in [1.82, 2.24) is 6.15 Å². The summed E-state index contributed by atoms with van der Waals surface area (Å²) in [5.41, 5.74) is 0. The van der Waals surface area contributed by atoms with Crippen molar-refractivity contribution < 1.29 is 9.90 Å². The monoisotopic (exact) mass is 103 g/mol. The predicted octanol–water partition coefficient (Wildman–Crippen LogP) is -0.0971. The van der Waals surface area contributed by atoms with Gasteiger partial charge in [-0.3, -0.25) is 0 Å². The average Bonchev–Trinajstić information content (AvgIpc) is 1.39. The minimum absolute atomic E-state index is 0. The minimum Gasteiger partial charge on any atom is -0.443 e. The molecular weight excluding hydrogens is 98.0 g/mol. The molecule has 0 aliphatic heterocycles. The Balaban J connectivity index is -0.0000000400. The fourth-order valence-electron chi connectivity index (χ4n) is 0. The number of nitrogens with one attached hydrogen (secondary N) is 1. The molecule has 0 aromatic carbocycles. The summed E-state index contributed by atoms with van der Waals surface area (Å²) >= 11 is 0. The van der Waals surface area contributed by atoms with E-state index >= 15 is 0 Å². The predicted molar refractivity (Wildman–Crippen MR) is 21.0 cm³/mol. The molecule has 0 bridgehead atoms. The molecule has 0 fully saturated rings. The molecule has 40 valence electrons. The zero-order valence-electron chi connectivity index (χ0n) is 3.51. The number of hydrogen-bond donors (Lipinski definition) is 3. The zero-order valence-corrected chi connectivity index (χ0v) is 3.51. The lowest BCUT2D eigenvalue weighted by Crippen LogP contribution is -1.27. The van der Waals surface area contributed by atoms with Gasteiger partial charge in [-0.25, -0.2) is 10.2 Å². The van der Waals surface area contributed by atoms with Gasteiger partial charge in [-0.2, -0.15) is 5.26 Å². The van der Waals surface area contributed by atoms with Crippen molar-refractivity contribution in [2.75, 3.05) is 0 Å².